The highest BCUT2D eigenvalue weighted by Crippen LogP contribution is 2.33. The average Bonchev–Trinajstić information content (AvgIpc) is 2.90. The predicted octanol–water partition coefficient (Wildman–Crippen LogP) is 1.99. The van der Waals surface area contributed by atoms with Crippen LogP contribution in [0.25, 0.3) is 0 Å². The Hall–Kier alpha value is -1.40. The van der Waals surface area contributed by atoms with Gasteiger partial charge in [0.25, 0.3) is 0 Å². The van der Waals surface area contributed by atoms with Gasteiger partial charge in [-0.1, -0.05) is 19.3 Å². The number of hydrogen-bond donors (Lipinski definition) is 1. The molecule has 1 saturated carbocycles. The number of rotatable bonds is 5. The molecule has 1 unspecified atom stereocenters. The van der Waals surface area contributed by atoms with E-state index in [9.17, 15) is 14.7 Å². The third-order valence-electron chi connectivity index (χ3n) is 5.28. The maximum atomic E-state index is 12.5. The van der Waals surface area contributed by atoms with Gasteiger partial charge >= 0.3 is 5.97 Å². The standard InChI is InChI=1S/C18H27NO5/c20-16(13-5-2-1-3-6-13)15-17(21)14(24-18(15)22)7-4-8-19-9-11-23-12-10-19/h13-14,20H,1-12H2. The lowest BCUT2D eigenvalue weighted by atomic mass is 9.85. The van der Waals surface area contributed by atoms with Crippen LogP contribution in [0.15, 0.2) is 11.3 Å². The second-order valence-corrected chi connectivity index (χ2v) is 6.95. The van der Waals surface area contributed by atoms with E-state index < -0.39 is 12.1 Å². The molecule has 0 radical (unpaired) electrons. The second kappa shape index (κ2) is 8.12. The quantitative estimate of drug-likeness (QED) is 0.358. The van der Waals surface area contributed by atoms with Crippen molar-refractivity contribution in [2.75, 3.05) is 32.8 Å². The van der Waals surface area contributed by atoms with E-state index in [-0.39, 0.29) is 23.0 Å². The molecule has 3 fully saturated rings. The summed E-state index contributed by atoms with van der Waals surface area (Å²) < 4.78 is 10.5. The van der Waals surface area contributed by atoms with E-state index in [0.29, 0.717) is 6.42 Å². The second-order valence-electron chi connectivity index (χ2n) is 6.95. The Bertz CT molecular complexity index is 504. The number of carbonyl (C=O) groups is 2. The molecule has 0 aromatic carbocycles. The Balaban J connectivity index is 1.55. The van der Waals surface area contributed by atoms with Crippen LogP contribution in [0, 0.1) is 5.92 Å². The van der Waals surface area contributed by atoms with E-state index in [1.807, 2.05) is 0 Å². The van der Waals surface area contributed by atoms with Crippen LogP contribution in [0.4, 0.5) is 0 Å². The van der Waals surface area contributed by atoms with Gasteiger partial charge in [0, 0.05) is 19.0 Å². The third kappa shape index (κ3) is 3.98. The predicted molar refractivity (Wildman–Crippen MR) is 87.6 cm³/mol. The molecular formula is C18H27NO5. The number of Topliss-reactive ketones (excluding diaryl/α,β-unsaturated/α-hetero) is 1. The van der Waals surface area contributed by atoms with E-state index in [0.717, 1.165) is 71.4 Å². The Morgan fingerprint density at radius 3 is 2.54 bits per heavy atom. The fourth-order valence-corrected chi connectivity index (χ4v) is 3.83. The summed E-state index contributed by atoms with van der Waals surface area (Å²) >= 11 is 0. The minimum absolute atomic E-state index is 0.0274. The van der Waals surface area contributed by atoms with Crippen LogP contribution >= 0.6 is 0 Å². The number of nitrogens with zero attached hydrogens (tertiary/aromatic N) is 1. The Labute approximate surface area is 142 Å². The molecule has 3 rings (SSSR count). The summed E-state index contributed by atoms with van der Waals surface area (Å²) in [5, 5.41) is 10.4. The Morgan fingerprint density at radius 2 is 1.83 bits per heavy atom. The van der Waals surface area contributed by atoms with Gasteiger partial charge in [-0.05, 0) is 32.2 Å². The molecule has 0 aromatic heterocycles. The molecule has 0 bridgehead atoms. The van der Waals surface area contributed by atoms with Gasteiger partial charge in [0.15, 0.2) is 6.10 Å². The minimum atomic E-state index is -0.723. The number of ether oxygens (including phenoxy) is 2. The third-order valence-corrected chi connectivity index (χ3v) is 5.28. The number of ketones is 1. The van der Waals surface area contributed by atoms with E-state index in [1.165, 1.54) is 0 Å². The number of esters is 1. The molecule has 6 nitrogen and oxygen atoms in total. The molecule has 2 aliphatic heterocycles. The van der Waals surface area contributed by atoms with Gasteiger partial charge in [-0.25, -0.2) is 4.79 Å². The van der Waals surface area contributed by atoms with Crippen LogP contribution in [-0.4, -0.2) is 60.7 Å². The van der Waals surface area contributed by atoms with E-state index in [4.69, 9.17) is 9.47 Å². The molecule has 0 amide bonds. The van der Waals surface area contributed by atoms with Gasteiger partial charge < -0.3 is 14.6 Å². The molecule has 134 valence electrons. The first-order chi connectivity index (χ1) is 11.7. The number of hydrogen-bond acceptors (Lipinski definition) is 6. The molecule has 1 aliphatic carbocycles. The van der Waals surface area contributed by atoms with Gasteiger partial charge in [0.1, 0.15) is 11.3 Å². The van der Waals surface area contributed by atoms with Crippen molar-refractivity contribution in [2.24, 2.45) is 5.92 Å². The number of morpholine rings is 1. The van der Waals surface area contributed by atoms with Gasteiger partial charge in [-0.2, -0.15) is 0 Å². The summed E-state index contributed by atoms with van der Waals surface area (Å²) in [5.74, 6) is -1.05. The smallest absolute Gasteiger partial charge is 0.346 e. The molecule has 24 heavy (non-hydrogen) atoms. The van der Waals surface area contributed by atoms with E-state index >= 15 is 0 Å². The minimum Gasteiger partial charge on any atom is -0.511 e. The Kier molecular flexibility index (Phi) is 5.89. The zero-order valence-electron chi connectivity index (χ0n) is 14.2. The molecule has 3 aliphatic rings. The van der Waals surface area contributed by atoms with Crippen molar-refractivity contribution in [3.63, 3.8) is 0 Å². The van der Waals surface area contributed by atoms with Crippen molar-refractivity contribution in [1.82, 2.24) is 4.90 Å². The van der Waals surface area contributed by atoms with Gasteiger partial charge in [0.2, 0.25) is 5.78 Å². The molecule has 0 spiro atoms. The van der Waals surface area contributed by atoms with Gasteiger partial charge in [-0.15, -0.1) is 0 Å². The van der Waals surface area contributed by atoms with Crippen LogP contribution in [0.5, 0.6) is 0 Å². The number of aliphatic hydroxyl groups is 1. The zero-order chi connectivity index (χ0) is 16.9. The van der Waals surface area contributed by atoms with Crippen molar-refractivity contribution in [1.29, 1.82) is 0 Å². The average molecular weight is 337 g/mol. The Morgan fingerprint density at radius 1 is 1.12 bits per heavy atom. The van der Waals surface area contributed by atoms with Gasteiger partial charge in [-0.3, -0.25) is 9.69 Å². The van der Waals surface area contributed by atoms with Crippen LogP contribution in [-0.2, 0) is 19.1 Å². The lowest BCUT2D eigenvalue weighted by Crippen LogP contribution is -2.37. The first-order valence-electron chi connectivity index (χ1n) is 9.15. The first-order valence-corrected chi connectivity index (χ1v) is 9.15. The van der Waals surface area contributed by atoms with Crippen LogP contribution in [0.1, 0.15) is 44.9 Å². The lowest BCUT2D eigenvalue weighted by molar-refractivity contribution is -0.141. The molecular weight excluding hydrogens is 310 g/mol. The SMILES string of the molecule is O=C1OC(CCCN2CCOCC2)C(=O)C1=C(O)C1CCCCC1. The van der Waals surface area contributed by atoms with Crippen LogP contribution < -0.4 is 0 Å². The summed E-state index contributed by atoms with van der Waals surface area (Å²) in [6.07, 6.45) is 5.50. The molecule has 2 saturated heterocycles. The summed E-state index contributed by atoms with van der Waals surface area (Å²) in [4.78, 5) is 26.8. The number of cyclic esters (lactones) is 1. The zero-order valence-corrected chi connectivity index (χ0v) is 14.2. The summed E-state index contributed by atoms with van der Waals surface area (Å²) in [6.45, 7) is 4.19. The molecule has 2 heterocycles. The summed E-state index contributed by atoms with van der Waals surface area (Å²) in [5.41, 5.74) is -0.0849. The van der Waals surface area contributed by atoms with Crippen LogP contribution in [0.2, 0.25) is 0 Å². The maximum Gasteiger partial charge on any atom is 0.346 e. The normalized spacial score (nSPS) is 28.9. The molecule has 1 atom stereocenters. The number of allylic oxidation sites excluding steroid dienone is 1. The molecule has 1 N–H and O–H groups in total. The number of aliphatic hydroxyl groups excluding tert-OH is 1. The lowest BCUT2D eigenvalue weighted by Gasteiger charge is -2.26. The van der Waals surface area contributed by atoms with Crippen molar-refractivity contribution in [2.45, 2.75) is 51.0 Å². The van der Waals surface area contributed by atoms with Crippen molar-refractivity contribution in [3.05, 3.63) is 11.3 Å². The number of carbonyl (C=O) groups excluding carboxylic acids is 2. The largest absolute Gasteiger partial charge is 0.511 e. The highest BCUT2D eigenvalue weighted by molar-refractivity contribution is 6.23. The first kappa shape index (κ1) is 17.4. The van der Waals surface area contributed by atoms with Crippen molar-refractivity contribution >= 4 is 11.8 Å². The highest BCUT2D eigenvalue weighted by atomic mass is 16.6. The van der Waals surface area contributed by atoms with Crippen molar-refractivity contribution in [3.8, 4) is 0 Å². The topological polar surface area (TPSA) is 76.1 Å². The molecule has 6 heteroatoms. The molecule has 0 aromatic rings. The summed E-state index contributed by atoms with van der Waals surface area (Å²) in [7, 11) is 0. The fourth-order valence-electron chi connectivity index (χ4n) is 3.83. The van der Waals surface area contributed by atoms with E-state index in [1.54, 1.807) is 0 Å². The monoisotopic (exact) mass is 337 g/mol. The van der Waals surface area contributed by atoms with Crippen LogP contribution in [0.3, 0.4) is 0 Å². The fraction of sp³-hybridized carbons (Fsp3) is 0.778. The summed E-state index contributed by atoms with van der Waals surface area (Å²) in [6, 6.07) is 0. The maximum absolute atomic E-state index is 12.5. The van der Waals surface area contributed by atoms with Gasteiger partial charge in [0.05, 0.1) is 13.2 Å². The van der Waals surface area contributed by atoms with Crippen molar-refractivity contribution < 1.29 is 24.2 Å². The highest BCUT2D eigenvalue weighted by Gasteiger charge is 2.42. The van der Waals surface area contributed by atoms with E-state index in [2.05, 4.69) is 4.90 Å².